The van der Waals surface area contributed by atoms with E-state index in [1.807, 2.05) is 0 Å². The highest BCUT2D eigenvalue weighted by molar-refractivity contribution is 5.90. The normalized spacial score (nSPS) is 17.4. The molecule has 1 aromatic carbocycles. The number of anilines is 2. The first kappa shape index (κ1) is 24.1. The van der Waals surface area contributed by atoms with Crippen LogP contribution < -0.4 is 26.5 Å². The Bertz CT molecular complexity index is 1420. The molecule has 1 atom stereocenters. The third-order valence-electron chi connectivity index (χ3n) is 6.11. The summed E-state index contributed by atoms with van der Waals surface area (Å²) in [5, 5.41) is 2.53. The number of nitrogens with zero attached hydrogens (tertiary/aromatic N) is 7. The minimum absolute atomic E-state index is 0.0107. The lowest BCUT2D eigenvalue weighted by Crippen LogP contribution is -2.34. The van der Waals surface area contributed by atoms with Crippen molar-refractivity contribution in [2.45, 2.75) is 26.1 Å². The van der Waals surface area contributed by atoms with Gasteiger partial charge in [0, 0.05) is 44.5 Å². The van der Waals surface area contributed by atoms with Crippen molar-refractivity contribution in [3.8, 4) is 5.95 Å². The number of carbonyl (C=O) groups excluding carboxylic acids is 2. The molecule has 15 heteroatoms. The van der Waals surface area contributed by atoms with Crippen LogP contribution in [0.3, 0.4) is 0 Å². The Morgan fingerprint density at radius 3 is 2.19 bits per heavy atom. The summed E-state index contributed by atoms with van der Waals surface area (Å²) in [6.45, 7) is 1.45. The first-order valence-electron chi connectivity index (χ1n) is 11.4. The number of carbonyl (C=O) groups is 2. The highest BCUT2D eigenvalue weighted by Crippen LogP contribution is 2.31. The second-order valence-electron chi connectivity index (χ2n) is 8.49. The van der Waals surface area contributed by atoms with Gasteiger partial charge in [-0.3, -0.25) is 9.69 Å². The van der Waals surface area contributed by atoms with Gasteiger partial charge in [-0.05, 0) is 6.07 Å². The predicted octanol–water partition coefficient (Wildman–Crippen LogP) is -0.150. The van der Waals surface area contributed by atoms with Crippen LogP contribution in [-0.2, 0) is 22.6 Å². The number of aromatic nitrogens is 5. The molecule has 0 saturated carbocycles. The van der Waals surface area contributed by atoms with Crippen LogP contribution in [0.1, 0.15) is 6.92 Å². The number of nitrogens with one attached hydrogen (secondary N) is 1. The average Bonchev–Trinajstić information content (AvgIpc) is 3.24. The number of benzene rings is 1. The molecule has 1 N–H and O–H groups in total. The van der Waals surface area contributed by atoms with E-state index in [-0.39, 0.29) is 62.5 Å². The van der Waals surface area contributed by atoms with Crippen molar-refractivity contribution in [1.29, 1.82) is 0 Å². The summed E-state index contributed by atoms with van der Waals surface area (Å²) in [7, 11) is 0. The fourth-order valence-corrected chi connectivity index (χ4v) is 4.40. The summed E-state index contributed by atoms with van der Waals surface area (Å²) in [6.07, 6.45) is 1.37. The topological polar surface area (TPSA) is 137 Å². The molecule has 0 spiro atoms. The summed E-state index contributed by atoms with van der Waals surface area (Å²) >= 11 is 0. The highest BCUT2D eigenvalue weighted by Gasteiger charge is 2.34. The molecule has 0 bridgehead atoms. The van der Waals surface area contributed by atoms with Crippen molar-refractivity contribution >= 4 is 23.4 Å². The smallest absolute Gasteiger partial charge is 0.414 e. The molecule has 0 aliphatic carbocycles. The lowest BCUT2D eigenvalue weighted by atomic mass is 10.2. The van der Waals surface area contributed by atoms with E-state index in [1.165, 1.54) is 33.6 Å². The Morgan fingerprint density at radius 2 is 1.62 bits per heavy atom. The lowest BCUT2D eigenvalue weighted by molar-refractivity contribution is -0.119. The summed E-state index contributed by atoms with van der Waals surface area (Å²) in [5.74, 6) is -2.19. The fraction of sp³-hybridized carbons (Fsp3) is 0.364. The summed E-state index contributed by atoms with van der Waals surface area (Å²) in [6, 6.07) is 3.60. The number of cyclic esters (lactones) is 1. The Hall–Kier alpha value is -4.56. The van der Waals surface area contributed by atoms with E-state index in [2.05, 4.69) is 15.3 Å². The van der Waals surface area contributed by atoms with Crippen LogP contribution in [0, 0.1) is 11.6 Å². The minimum atomic E-state index is -0.915. The first-order valence-corrected chi connectivity index (χ1v) is 11.4. The number of amides is 2. The SMILES string of the molecule is CC(=O)NC[C@H]1CN(c2cc(F)c(N3CCn4c(=O)n(-c5ncccn5)c(=O)n4CC3)c(F)c2)C(=O)O1. The van der Waals surface area contributed by atoms with Gasteiger partial charge in [-0.2, -0.15) is 4.57 Å². The third-order valence-corrected chi connectivity index (χ3v) is 6.11. The molecular formula is C22H22F2N8O5. The summed E-state index contributed by atoms with van der Waals surface area (Å²) in [4.78, 5) is 59.5. The van der Waals surface area contributed by atoms with E-state index >= 15 is 8.78 Å². The van der Waals surface area contributed by atoms with E-state index in [1.54, 1.807) is 6.07 Å². The van der Waals surface area contributed by atoms with Crippen molar-refractivity contribution in [1.82, 2.24) is 29.2 Å². The molecule has 1 saturated heterocycles. The first-order chi connectivity index (χ1) is 17.7. The maximum atomic E-state index is 15.2. The molecule has 1 fully saturated rings. The fourth-order valence-electron chi connectivity index (χ4n) is 4.40. The molecule has 37 heavy (non-hydrogen) atoms. The maximum Gasteiger partial charge on any atom is 0.414 e. The van der Waals surface area contributed by atoms with Crippen LogP contribution >= 0.6 is 0 Å². The Labute approximate surface area is 207 Å². The van der Waals surface area contributed by atoms with E-state index in [4.69, 9.17) is 4.74 Å². The number of hydrogen-bond acceptors (Lipinski definition) is 8. The molecule has 4 heterocycles. The summed E-state index contributed by atoms with van der Waals surface area (Å²) in [5.41, 5.74) is -1.68. The molecule has 2 aromatic heterocycles. The minimum Gasteiger partial charge on any atom is -0.442 e. The zero-order chi connectivity index (χ0) is 26.3. The number of ether oxygens (including phenoxy) is 1. The van der Waals surface area contributed by atoms with Gasteiger partial charge in [-0.1, -0.05) is 0 Å². The summed E-state index contributed by atoms with van der Waals surface area (Å²) < 4.78 is 38.8. The van der Waals surface area contributed by atoms with Crippen LogP contribution in [0.4, 0.5) is 25.0 Å². The van der Waals surface area contributed by atoms with Gasteiger partial charge in [0.25, 0.3) is 0 Å². The zero-order valence-corrected chi connectivity index (χ0v) is 19.6. The molecule has 194 valence electrons. The number of hydrogen-bond donors (Lipinski definition) is 1. The van der Waals surface area contributed by atoms with Gasteiger partial charge in [0.05, 0.1) is 31.9 Å². The van der Waals surface area contributed by atoms with Gasteiger partial charge in [0.1, 0.15) is 11.8 Å². The van der Waals surface area contributed by atoms with Gasteiger partial charge in [0.2, 0.25) is 11.9 Å². The molecule has 2 aliphatic heterocycles. The molecule has 3 aromatic rings. The molecule has 5 rings (SSSR count). The molecule has 13 nitrogen and oxygen atoms in total. The van der Waals surface area contributed by atoms with Gasteiger partial charge >= 0.3 is 17.5 Å². The van der Waals surface area contributed by atoms with E-state index in [0.29, 0.717) is 0 Å². The Morgan fingerprint density at radius 1 is 1.03 bits per heavy atom. The Kier molecular flexibility index (Phi) is 6.19. The number of halogens is 2. The second kappa shape index (κ2) is 9.48. The standard InChI is InChI=1S/C22H22F2N8O5/c1-13(33)27-11-15-12-29(22(36)37-15)14-9-16(23)18(17(24)10-14)28-5-7-30-20(34)32(19-25-3-2-4-26-19)21(35)31(30)8-6-28/h2-4,9-10,15H,5-8,11-12H2,1H3,(H,27,33)/t15-/m0/s1. The van der Waals surface area contributed by atoms with Gasteiger partial charge in [-0.15, -0.1) is 0 Å². The van der Waals surface area contributed by atoms with Crippen LogP contribution in [0.15, 0.2) is 40.2 Å². The van der Waals surface area contributed by atoms with Crippen LogP contribution in [0.25, 0.3) is 5.95 Å². The van der Waals surface area contributed by atoms with Crippen molar-refractivity contribution in [2.24, 2.45) is 0 Å². The number of fused-ring (bicyclic) bond motifs is 1. The van der Waals surface area contributed by atoms with Gasteiger partial charge in [-0.25, -0.2) is 42.5 Å². The van der Waals surface area contributed by atoms with E-state index in [9.17, 15) is 19.2 Å². The van der Waals surface area contributed by atoms with Gasteiger partial charge < -0.3 is 15.0 Å². The molecule has 0 unspecified atom stereocenters. The molecule has 2 amide bonds. The second-order valence-corrected chi connectivity index (χ2v) is 8.49. The van der Waals surface area contributed by atoms with E-state index < -0.39 is 35.2 Å². The highest BCUT2D eigenvalue weighted by atomic mass is 19.1. The quantitative estimate of drug-likeness (QED) is 0.495. The monoisotopic (exact) mass is 516 g/mol. The van der Waals surface area contributed by atoms with Crippen molar-refractivity contribution < 1.29 is 23.1 Å². The third kappa shape index (κ3) is 4.43. The Balaban J connectivity index is 1.36. The zero-order valence-electron chi connectivity index (χ0n) is 19.6. The molecular weight excluding hydrogens is 494 g/mol. The predicted molar refractivity (Wildman–Crippen MR) is 125 cm³/mol. The maximum absolute atomic E-state index is 15.2. The van der Waals surface area contributed by atoms with Crippen molar-refractivity contribution in [2.75, 3.05) is 36.0 Å². The van der Waals surface area contributed by atoms with Crippen LogP contribution in [-0.4, -0.2) is 68.2 Å². The molecule has 0 radical (unpaired) electrons. The van der Waals surface area contributed by atoms with Crippen LogP contribution in [0.2, 0.25) is 0 Å². The van der Waals surface area contributed by atoms with Gasteiger partial charge in [0.15, 0.2) is 11.6 Å². The average molecular weight is 516 g/mol. The van der Waals surface area contributed by atoms with E-state index in [0.717, 1.165) is 21.6 Å². The van der Waals surface area contributed by atoms with Crippen molar-refractivity contribution in [3.05, 3.63) is 63.2 Å². The van der Waals surface area contributed by atoms with Crippen LogP contribution in [0.5, 0.6) is 0 Å². The largest absolute Gasteiger partial charge is 0.442 e. The lowest BCUT2D eigenvalue weighted by Gasteiger charge is -2.24. The molecule has 2 aliphatic rings. The number of rotatable bonds is 5. The van der Waals surface area contributed by atoms with Crippen molar-refractivity contribution in [3.63, 3.8) is 0 Å².